The maximum absolute atomic E-state index is 13.2. The number of carbonyl (C=O) groups is 4. The molecule has 5 heterocycles. The predicted molar refractivity (Wildman–Crippen MR) is 572 cm³/mol. The number of benzene rings is 14. The molecular weight excluding hydrogens is 2040 g/mol. The molecule has 18 nitrogen and oxygen atoms in total. The number of aromatic hydroxyl groups is 1. The predicted octanol–water partition coefficient (Wildman–Crippen LogP) is 27.5. The van der Waals surface area contributed by atoms with Crippen LogP contribution in [0.5, 0.6) is 28.7 Å². The highest BCUT2D eigenvalue weighted by Gasteiger charge is 2.25. The number of nitrogens with zero attached hydrogens (tertiary/aromatic N) is 5. The first kappa shape index (κ1) is 106. The maximum Gasteiger partial charge on any atom is 0.341 e. The highest BCUT2D eigenvalue weighted by Crippen LogP contribution is 2.41. The van der Waals surface area contributed by atoms with Gasteiger partial charge in [-0.15, -0.1) is 0 Å². The molecule has 0 spiro atoms. The van der Waals surface area contributed by atoms with Crippen molar-refractivity contribution in [3.8, 4) is 28.7 Å². The Morgan fingerprint density at radius 2 is 0.510 bits per heavy atom. The smallest absolute Gasteiger partial charge is 0.341 e. The molecule has 27 heteroatoms. The number of phenols is 1. The van der Waals surface area contributed by atoms with Gasteiger partial charge in [-0.05, 0) is 269 Å². The second-order valence-electron chi connectivity index (χ2n) is 33.4. The number of carboxylic acid groups (broad SMARTS) is 3. The van der Waals surface area contributed by atoms with Crippen LogP contribution in [-0.4, -0.2) is 84.7 Å². The Balaban J connectivity index is 0.000000151. The molecule has 0 aliphatic heterocycles. The number of carbonyl (C=O) groups excluding carboxylic acids is 1. The molecule has 0 aliphatic carbocycles. The van der Waals surface area contributed by atoms with Crippen molar-refractivity contribution in [2.24, 2.45) is 0 Å². The fourth-order valence-electron chi connectivity index (χ4n) is 15.8. The summed E-state index contributed by atoms with van der Waals surface area (Å²) in [5.41, 5.74) is 18.9. The van der Waals surface area contributed by atoms with E-state index in [0.717, 1.165) is 121 Å². The zero-order valence-electron chi connectivity index (χ0n) is 78.8. The SMILES string of the molecule is CC.COC(=O)c1cc(Br)c2cc(Cc3ccc(F)cc3)cnc2c1OCc1ccccc1.Cc1cc(Br)c2cc(Cc3ccc(F)cc3)cnc2c1OCc1ccccc1.Cc1cc(C(=O)O)c2cc(Cc3ccc(F)cc3)cnc2c1O.Cc1cc(C(=O)O)c2cc(Cc3ccc(F)cc3)cnc2c1OCc1ccccc1.O=C(O)c1cc(Br)c2cc(Cc3ccc(F)cc3)cnc2c1OCc1ccccc1.[BH4-]. The van der Waals surface area contributed by atoms with E-state index < -0.39 is 23.9 Å². The summed E-state index contributed by atoms with van der Waals surface area (Å²) in [4.78, 5) is 70.1. The Morgan fingerprint density at radius 3 is 0.807 bits per heavy atom. The van der Waals surface area contributed by atoms with E-state index in [9.17, 15) is 61.6 Å². The van der Waals surface area contributed by atoms with Gasteiger partial charge in [-0.1, -0.05) is 252 Å². The van der Waals surface area contributed by atoms with Crippen LogP contribution in [0.25, 0.3) is 54.5 Å². The largest absolute Gasteiger partial charge is 0.505 e. The first-order valence-electron chi connectivity index (χ1n) is 45.6. The molecule has 0 saturated carbocycles. The van der Waals surface area contributed by atoms with Crippen molar-refractivity contribution < 1.29 is 85.2 Å². The summed E-state index contributed by atoms with van der Waals surface area (Å²) in [5.74, 6) is -3.06. The second kappa shape index (κ2) is 50.7. The van der Waals surface area contributed by atoms with Crippen LogP contribution in [0.15, 0.2) is 348 Å². The zero-order chi connectivity index (χ0) is 102. The number of phenolic OH excluding ortho intramolecular Hbond substituents is 1. The van der Waals surface area contributed by atoms with E-state index in [1.54, 1.807) is 111 Å². The van der Waals surface area contributed by atoms with E-state index in [1.807, 2.05) is 173 Å². The Kier molecular flexibility index (Phi) is 37.2. The summed E-state index contributed by atoms with van der Waals surface area (Å²) >= 11 is 10.7. The fraction of sp³-hybridized carbons (Fsp3) is 0.127. The second-order valence-corrected chi connectivity index (χ2v) is 35.9. The number of fused-ring (bicyclic) bond motifs is 5. The number of aromatic carboxylic acids is 3. The van der Waals surface area contributed by atoms with Crippen LogP contribution in [0, 0.1) is 49.9 Å². The molecule has 0 unspecified atom stereocenters. The lowest BCUT2D eigenvalue weighted by molar-refractivity contribution is 0.0593. The molecule has 0 fully saturated rings. The van der Waals surface area contributed by atoms with Gasteiger partial charge >= 0.3 is 23.9 Å². The third-order valence-corrected chi connectivity index (χ3v) is 24.9. The van der Waals surface area contributed by atoms with Gasteiger partial charge in [0.2, 0.25) is 0 Å². The van der Waals surface area contributed by atoms with E-state index in [2.05, 4.69) is 79.9 Å². The van der Waals surface area contributed by atoms with Crippen LogP contribution in [0.1, 0.15) is 150 Å². The van der Waals surface area contributed by atoms with Crippen LogP contribution in [0.3, 0.4) is 0 Å². The molecule has 14 aromatic carbocycles. The van der Waals surface area contributed by atoms with Gasteiger partial charge in [0.25, 0.3) is 0 Å². The standard InChI is InChI=1S/C25H19BrFNO3.C25H20FNO3.C24H17BrFNO3.C24H19BrFNO.C18H14FNO3.C2H6.BH4/c1-30-25(29)21-13-22(26)20-12-18(11-16-7-9-19(27)10-8-16)14-28-23(20)24(21)31-15-17-5-3-2-4-6-17;1-16-11-22(25(28)29)21-13-19(12-17-7-9-20(26)10-8-17)14-27-23(21)24(16)30-15-18-5-3-2-4-6-18;25-21-12-20(24(28)29)23(30-14-16-4-2-1-3-5-16)22-19(21)11-17(13-27-22)10-15-6-8-18(26)9-7-15;1-16-11-22(25)21-13-19(12-17-7-9-20(26)10-8-17)14-27-23(21)24(16)28-15-18-5-3-2-4-6-18;1-10-6-15(18(22)23)14-8-12(9-20-16(14)17(10)21)7-11-2-4-13(19)5-3-11;1-2;/h2-10,12-14H,11,15H2,1H3;2-11,13-14H,12,15H2,1H3,(H,28,29);1-9,11-13H,10,14H2,(H,28,29);2-11,13-14H,12,15H2,1H3;2-6,8-9,21H,7H2,1H3,(H,22,23);1-2H3;1H4/q;;;;;;-1. The molecule has 0 bridgehead atoms. The lowest BCUT2D eigenvalue weighted by Crippen LogP contribution is -2.07. The Hall–Kier alpha value is -15.8. The van der Waals surface area contributed by atoms with E-state index in [-0.39, 0.29) is 77.8 Å². The van der Waals surface area contributed by atoms with Crippen molar-refractivity contribution in [3.05, 3.63) is 494 Å². The average molecular weight is 2140 g/mol. The van der Waals surface area contributed by atoms with E-state index in [1.165, 1.54) is 79.9 Å². The van der Waals surface area contributed by atoms with Crippen molar-refractivity contribution in [1.29, 1.82) is 0 Å². The molecule has 19 rings (SSSR count). The quantitative estimate of drug-likeness (QED) is 0.0223. The van der Waals surface area contributed by atoms with Crippen LogP contribution in [0.4, 0.5) is 22.0 Å². The number of hydrogen-bond acceptors (Lipinski definition) is 15. The molecule has 0 aliphatic rings. The molecule has 145 heavy (non-hydrogen) atoms. The summed E-state index contributed by atoms with van der Waals surface area (Å²) in [5, 5.41) is 42.3. The van der Waals surface area contributed by atoms with Crippen molar-refractivity contribution in [1.82, 2.24) is 24.9 Å². The molecule has 0 radical (unpaired) electrons. The number of pyridine rings is 5. The van der Waals surface area contributed by atoms with E-state index in [4.69, 9.17) is 28.7 Å². The minimum atomic E-state index is -1.09. The minimum Gasteiger partial charge on any atom is -0.505 e. The molecular formula is C118H99BBr3F5N5O13-. The number of methoxy groups -OCH3 is 1. The van der Waals surface area contributed by atoms with Crippen LogP contribution in [0.2, 0.25) is 0 Å². The summed E-state index contributed by atoms with van der Waals surface area (Å²) in [6.45, 7) is 10.9. The molecule has 5 aromatic heterocycles. The summed E-state index contributed by atoms with van der Waals surface area (Å²) in [6, 6.07) is 88.6. The van der Waals surface area contributed by atoms with Gasteiger partial charge in [-0.3, -0.25) is 24.9 Å². The Labute approximate surface area is 861 Å². The number of carboxylic acids is 3. The normalized spacial score (nSPS) is 10.7. The summed E-state index contributed by atoms with van der Waals surface area (Å²) < 4.78 is 97.0. The number of esters is 1. The molecule has 19 aromatic rings. The topological polar surface area (TPSA) is 260 Å². The maximum atomic E-state index is 13.2. The lowest BCUT2D eigenvalue weighted by atomic mass is 9.99. The van der Waals surface area contributed by atoms with E-state index in [0.29, 0.717) is 111 Å². The highest BCUT2D eigenvalue weighted by atomic mass is 79.9. The van der Waals surface area contributed by atoms with Crippen molar-refractivity contribution in [2.45, 2.75) is 93.2 Å². The fourth-order valence-corrected chi connectivity index (χ4v) is 17.6. The number of halogens is 8. The van der Waals surface area contributed by atoms with Gasteiger partial charge in [0, 0.05) is 71.3 Å². The number of ether oxygens (including phenoxy) is 5. The minimum absolute atomic E-state index is 0. The Bertz CT molecular complexity index is 7790. The number of aromatic nitrogens is 5. The molecule has 0 amide bonds. The third kappa shape index (κ3) is 28.2. The van der Waals surface area contributed by atoms with Crippen molar-refractivity contribution >= 4 is 135 Å². The molecule has 734 valence electrons. The zero-order valence-corrected chi connectivity index (χ0v) is 83.6. The highest BCUT2D eigenvalue weighted by molar-refractivity contribution is 9.11. The molecule has 0 saturated heterocycles. The number of aryl methyl sites for hydroxylation is 3. The van der Waals surface area contributed by atoms with Crippen molar-refractivity contribution in [2.75, 3.05) is 7.11 Å². The first-order valence-corrected chi connectivity index (χ1v) is 48.0. The van der Waals surface area contributed by atoms with Gasteiger partial charge in [-0.25, -0.2) is 41.1 Å². The number of rotatable bonds is 26. The summed E-state index contributed by atoms with van der Waals surface area (Å²) in [6.07, 6.45) is 11.5. The van der Waals surface area contributed by atoms with Gasteiger partial charge in [0.05, 0.1) is 18.2 Å². The van der Waals surface area contributed by atoms with Crippen LogP contribution < -0.4 is 18.9 Å². The summed E-state index contributed by atoms with van der Waals surface area (Å²) in [7, 11) is 1.33. The van der Waals surface area contributed by atoms with Crippen LogP contribution >= 0.6 is 47.8 Å². The van der Waals surface area contributed by atoms with Crippen molar-refractivity contribution in [3.63, 3.8) is 0 Å². The monoisotopic (exact) mass is 2140 g/mol. The van der Waals surface area contributed by atoms with Gasteiger partial charge < -0.3 is 44.1 Å². The average Bonchev–Trinajstić information content (AvgIpc) is 0.804. The third-order valence-electron chi connectivity index (χ3n) is 23.0. The van der Waals surface area contributed by atoms with Gasteiger partial charge in [-0.2, -0.15) is 0 Å². The lowest BCUT2D eigenvalue weighted by Gasteiger charge is -2.15. The van der Waals surface area contributed by atoms with Gasteiger partial charge in [0.15, 0.2) is 11.5 Å². The van der Waals surface area contributed by atoms with E-state index >= 15 is 0 Å². The molecule has 0 atom stereocenters. The van der Waals surface area contributed by atoms with Gasteiger partial charge in [0.1, 0.15) is 111 Å². The molecule has 4 N–H and O–H groups in total. The Morgan fingerprint density at radius 1 is 0.276 bits per heavy atom. The number of hydrogen-bond donors (Lipinski definition) is 4. The van der Waals surface area contributed by atoms with Crippen LogP contribution in [-0.2, 0) is 63.3 Å². The first-order chi connectivity index (χ1) is 69.6.